The van der Waals surface area contributed by atoms with Crippen molar-refractivity contribution < 1.29 is 9.18 Å². The molecule has 1 aliphatic carbocycles. The second kappa shape index (κ2) is 5.73. The van der Waals surface area contributed by atoms with E-state index in [9.17, 15) is 9.18 Å². The van der Waals surface area contributed by atoms with Crippen molar-refractivity contribution in [3.8, 4) is 0 Å². The van der Waals surface area contributed by atoms with Crippen LogP contribution in [0.25, 0.3) is 0 Å². The zero-order valence-corrected chi connectivity index (χ0v) is 13.1. The number of carbonyl (C=O) groups is 1. The minimum Gasteiger partial charge on any atom is -0.325 e. The minimum atomic E-state index is -0.628. The molecule has 0 unspecified atom stereocenters. The third-order valence-electron chi connectivity index (χ3n) is 4.47. The van der Waals surface area contributed by atoms with Crippen molar-refractivity contribution in [2.24, 2.45) is 0 Å². The lowest BCUT2D eigenvalue weighted by Crippen LogP contribution is -2.46. The van der Waals surface area contributed by atoms with Gasteiger partial charge in [-0.3, -0.25) is 4.79 Å². The van der Waals surface area contributed by atoms with Gasteiger partial charge in [0.15, 0.2) is 0 Å². The van der Waals surface area contributed by atoms with Crippen LogP contribution in [0.1, 0.15) is 30.4 Å². The summed E-state index contributed by atoms with van der Waals surface area (Å²) < 4.78 is 13.5. The predicted molar refractivity (Wildman–Crippen MR) is 86.7 cm³/mol. The van der Waals surface area contributed by atoms with Crippen molar-refractivity contribution in [3.63, 3.8) is 0 Å². The molecule has 22 heavy (non-hydrogen) atoms. The molecule has 0 spiro atoms. The van der Waals surface area contributed by atoms with Crippen molar-refractivity contribution >= 4 is 23.2 Å². The number of amides is 1. The van der Waals surface area contributed by atoms with Crippen LogP contribution in [0.3, 0.4) is 0 Å². The van der Waals surface area contributed by atoms with Crippen LogP contribution < -0.4 is 5.32 Å². The van der Waals surface area contributed by atoms with Crippen LogP contribution in [-0.4, -0.2) is 5.91 Å². The zero-order chi connectivity index (χ0) is 15.7. The van der Waals surface area contributed by atoms with Gasteiger partial charge in [-0.05, 0) is 55.2 Å². The molecular formula is C18H17ClFNO. The molecule has 3 rings (SSSR count). The van der Waals surface area contributed by atoms with Gasteiger partial charge in [0.25, 0.3) is 0 Å². The van der Waals surface area contributed by atoms with Gasteiger partial charge < -0.3 is 5.32 Å². The average Bonchev–Trinajstić information content (AvgIpc) is 2.42. The fraction of sp³-hybridized carbons (Fsp3) is 0.278. The van der Waals surface area contributed by atoms with E-state index in [4.69, 9.17) is 11.6 Å². The highest BCUT2D eigenvalue weighted by molar-refractivity contribution is 6.31. The van der Waals surface area contributed by atoms with Gasteiger partial charge in [-0.25, -0.2) is 4.39 Å². The van der Waals surface area contributed by atoms with Gasteiger partial charge >= 0.3 is 0 Å². The first-order valence-corrected chi connectivity index (χ1v) is 7.73. The summed E-state index contributed by atoms with van der Waals surface area (Å²) in [6.45, 7) is 1.92. The summed E-state index contributed by atoms with van der Waals surface area (Å²) in [6.07, 6.45) is 2.45. The van der Waals surface area contributed by atoms with Crippen molar-refractivity contribution in [1.29, 1.82) is 0 Å². The normalized spacial score (nSPS) is 16.0. The number of hydrogen-bond donors (Lipinski definition) is 1. The fourth-order valence-electron chi connectivity index (χ4n) is 2.93. The third-order valence-corrected chi connectivity index (χ3v) is 4.70. The van der Waals surface area contributed by atoms with Gasteiger partial charge in [0.1, 0.15) is 5.82 Å². The highest BCUT2D eigenvalue weighted by Gasteiger charge is 2.45. The molecule has 1 aliphatic rings. The summed E-state index contributed by atoms with van der Waals surface area (Å²) in [7, 11) is 0. The van der Waals surface area contributed by atoms with Gasteiger partial charge in [-0.15, -0.1) is 0 Å². The molecule has 2 aromatic rings. The fourth-order valence-corrected chi connectivity index (χ4v) is 3.11. The molecule has 0 aliphatic heterocycles. The molecule has 2 aromatic carbocycles. The van der Waals surface area contributed by atoms with Crippen LogP contribution in [-0.2, 0) is 10.2 Å². The molecule has 1 saturated carbocycles. The standard InChI is InChI=1S/C18H17ClFNO/c1-12-6-7-14(19)11-16(12)21-17(22)18(8-3-9-18)13-4-2-5-15(20)10-13/h2,4-7,10-11H,3,8-9H2,1H3,(H,21,22). The molecule has 1 N–H and O–H groups in total. The van der Waals surface area contributed by atoms with E-state index in [0.29, 0.717) is 10.7 Å². The lowest BCUT2D eigenvalue weighted by atomic mass is 9.63. The average molecular weight is 318 g/mol. The lowest BCUT2D eigenvalue weighted by molar-refractivity contribution is -0.124. The molecule has 0 heterocycles. The number of halogens is 2. The molecule has 0 radical (unpaired) electrons. The van der Waals surface area contributed by atoms with E-state index in [1.807, 2.05) is 19.1 Å². The van der Waals surface area contributed by atoms with Gasteiger partial charge in [0.2, 0.25) is 5.91 Å². The topological polar surface area (TPSA) is 29.1 Å². The van der Waals surface area contributed by atoms with Gasteiger partial charge in [-0.1, -0.05) is 36.2 Å². The van der Waals surface area contributed by atoms with E-state index in [1.165, 1.54) is 12.1 Å². The Bertz CT molecular complexity index is 725. The van der Waals surface area contributed by atoms with E-state index >= 15 is 0 Å². The first-order chi connectivity index (χ1) is 10.5. The van der Waals surface area contributed by atoms with E-state index in [-0.39, 0.29) is 11.7 Å². The van der Waals surface area contributed by atoms with Gasteiger partial charge in [0.05, 0.1) is 5.41 Å². The highest BCUT2D eigenvalue weighted by atomic mass is 35.5. The number of aryl methyl sites for hydroxylation is 1. The summed E-state index contributed by atoms with van der Waals surface area (Å²) in [5, 5.41) is 3.54. The summed E-state index contributed by atoms with van der Waals surface area (Å²) in [5.41, 5.74) is 1.78. The summed E-state index contributed by atoms with van der Waals surface area (Å²) in [6, 6.07) is 11.7. The molecule has 1 amide bonds. The number of benzene rings is 2. The maximum atomic E-state index is 13.5. The van der Waals surface area contributed by atoms with Crippen molar-refractivity contribution in [2.45, 2.75) is 31.6 Å². The Labute approximate surface area is 134 Å². The molecule has 114 valence electrons. The highest BCUT2D eigenvalue weighted by Crippen LogP contribution is 2.45. The zero-order valence-electron chi connectivity index (χ0n) is 12.3. The van der Waals surface area contributed by atoms with Crippen molar-refractivity contribution in [2.75, 3.05) is 5.32 Å². The molecule has 0 atom stereocenters. The van der Waals surface area contributed by atoms with E-state index in [1.54, 1.807) is 18.2 Å². The lowest BCUT2D eigenvalue weighted by Gasteiger charge is -2.40. The quantitative estimate of drug-likeness (QED) is 0.861. The first-order valence-electron chi connectivity index (χ1n) is 7.35. The summed E-state index contributed by atoms with van der Waals surface area (Å²) in [4.78, 5) is 12.8. The van der Waals surface area contributed by atoms with E-state index < -0.39 is 5.41 Å². The number of nitrogens with one attached hydrogen (secondary N) is 1. The van der Waals surface area contributed by atoms with Crippen LogP contribution in [0, 0.1) is 12.7 Å². The Morgan fingerprint density at radius 1 is 1.23 bits per heavy atom. The molecule has 1 fully saturated rings. The molecule has 0 aromatic heterocycles. The SMILES string of the molecule is Cc1ccc(Cl)cc1NC(=O)C1(c2cccc(F)c2)CCC1. The third kappa shape index (κ3) is 2.61. The van der Waals surface area contributed by atoms with Crippen molar-refractivity contribution in [3.05, 3.63) is 64.4 Å². The Morgan fingerprint density at radius 2 is 2.00 bits per heavy atom. The number of hydrogen-bond acceptors (Lipinski definition) is 1. The second-order valence-electron chi connectivity index (χ2n) is 5.86. The molecule has 4 heteroatoms. The first kappa shape index (κ1) is 15.0. The van der Waals surface area contributed by atoms with Crippen molar-refractivity contribution in [1.82, 2.24) is 0 Å². The van der Waals surface area contributed by atoms with Crippen LogP contribution in [0.4, 0.5) is 10.1 Å². The minimum absolute atomic E-state index is 0.0882. The predicted octanol–water partition coefficient (Wildman–Crippen LogP) is 4.85. The number of anilines is 1. The van der Waals surface area contributed by atoms with E-state index in [2.05, 4.69) is 5.32 Å². The van der Waals surface area contributed by atoms with E-state index in [0.717, 1.165) is 30.4 Å². The molecule has 2 nitrogen and oxygen atoms in total. The summed E-state index contributed by atoms with van der Waals surface area (Å²) >= 11 is 6.00. The number of carbonyl (C=O) groups excluding carboxylic acids is 1. The Morgan fingerprint density at radius 3 is 2.64 bits per heavy atom. The smallest absolute Gasteiger partial charge is 0.235 e. The van der Waals surface area contributed by atoms with Gasteiger partial charge in [-0.2, -0.15) is 0 Å². The molecule has 0 saturated heterocycles. The Balaban J connectivity index is 1.91. The Kier molecular flexibility index (Phi) is 3.92. The van der Waals surface area contributed by atoms with Crippen LogP contribution in [0.15, 0.2) is 42.5 Å². The van der Waals surface area contributed by atoms with Crippen LogP contribution in [0.2, 0.25) is 5.02 Å². The number of rotatable bonds is 3. The van der Waals surface area contributed by atoms with Crippen LogP contribution >= 0.6 is 11.6 Å². The second-order valence-corrected chi connectivity index (χ2v) is 6.30. The molecular weight excluding hydrogens is 301 g/mol. The molecule has 0 bridgehead atoms. The Hall–Kier alpha value is -1.87. The van der Waals surface area contributed by atoms with Gasteiger partial charge in [0, 0.05) is 10.7 Å². The monoisotopic (exact) mass is 317 g/mol. The maximum absolute atomic E-state index is 13.5. The van der Waals surface area contributed by atoms with Crippen LogP contribution in [0.5, 0.6) is 0 Å². The largest absolute Gasteiger partial charge is 0.325 e. The summed E-state index contributed by atoms with van der Waals surface area (Å²) in [5.74, 6) is -0.398. The maximum Gasteiger partial charge on any atom is 0.235 e.